The molecule has 32 heavy (non-hydrogen) atoms. The molecule has 2 aliphatic heterocycles. The molecule has 3 heterocycles. The fourth-order valence-electron chi connectivity index (χ4n) is 5.01. The highest BCUT2D eigenvalue weighted by atomic mass is 19.1. The van der Waals surface area contributed by atoms with Gasteiger partial charge in [0.1, 0.15) is 17.3 Å². The van der Waals surface area contributed by atoms with E-state index in [4.69, 9.17) is 5.73 Å². The van der Waals surface area contributed by atoms with Gasteiger partial charge in [-0.15, -0.1) is 0 Å². The quantitative estimate of drug-likeness (QED) is 0.791. The molecule has 166 valence electrons. The number of nitrogens with zero attached hydrogens (tertiary/aromatic N) is 4. The second-order valence-electron chi connectivity index (χ2n) is 8.82. The smallest absolute Gasteiger partial charge is 0.267 e. The summed E-state index contributed by atoms with van der Waals surface area (Å²) in [6.45, 7) is 1.18. The minimum absolute atomic E-state index is 0.0163. The average molecular weight is 439 g/mol. The summed E-state index contributed by atoms with van der Waals surface area (Å²) in [6.07, 6.45) is 8.06. The molecule has 2 amide bonds. The third-order valence-electron chi connectivity index (χ3n) is 6.79. The van der Waals surface area contributed by atoms with Gasteiger partial charge in [-0.3, -0.25) is 9.59 Å². The molecule has 2 atom stereocenters. The highest BCUT2D eigenvalue weighted by Crippen LogP contribution is 2.57. The molecule has 1 aromatic carbocycles. The summed E-state index contributed by atoms with van der Waals surface area (Å²) in [5.74, 6) is -1.68. The van der Waals surface area contributed by atoms with Crippen molar-refractivity contribution in [2.24, 2.45) is 17.1 Å². The first kappa shape index (κ1) is 20.5. The van der Waals surface area contributed by atoms with Crippen molar-refractivity contribution in [3.8, 4) is 0 Å². The lowest BCUT2D eigenvalue weighted by Gasteiger charge is -2.40. The maximum atomic E-state index is 13.8. The number of rotatable bonds is 4. The van der Waals surface area contributed by atoms with E-state index >= 15 is 0 Å². The molecule has 1 saturated carbocycles. The van der Waals surface area contributed by atoms with E-state index in [0.717, 1.165) is 18.9 Å². The maximum absolute atomic E-state index is 13.8. The minimum Gasteiger partial charge on any atom is -0.364 e. The van der Waals surface area contributed by atoms with Gasteiger partial charge in [0.25, 0.3) is 5.91 Å². The number of benzene rings is 1. The number of nitrogens with two attached hydrogens (primary N) is 1. The van der Waals surface area contributed by atoms with E-state index in [1.165, 1.54) is 24.4 Å². The Hall–Kier alpha value is -3.36. The maximum Gasteiger partial charge on any atom is 0.267 e. The van der Waals surface area contributed by atoms with Gasteiger partial charge in [0.2, 0.25) is 11.9 Å². The van der Waals surface area contributed by atoms with Crippen molar-refractivity contribution in [2.75, 3.05) is 18.0 Å². The fraction of sp³-hybridized carbons (Fsp3) is 0.391. The lowest BCUT2D eigenvalue weighted by molar-refractivity contribution is -0.137. The number of primary amides is 1. The van der Waals surface area contributed by atoms with Crippen LogP contribution in [0, 0.1) is 23.0 Å². The summed E-state index contributed by atoms with van der Waals surface area (Å²) in [5, 5.41) is 0. The Morgan fingerprint density at radius 2 is 1.91 bits per heavy atom. The van der Waals surface area contributed by atoms with E-state index in [0.29, 0.717) is 37.4 Å². The van der Waals surface area contributed by atoms with Crippen molar-refractivity contribution in [2.45, 2.75) is 31.7 Å². The molecule has 5 rings (SSSR count). The molecule has 0 bridgehead atoms. The van der Waals surface area contributed by atoms with Crippen LogP contribution < -0.4 is 10.6 Å². The molecule has 2 aromatic rings. The number of anilines is 1. The molecule has 7 nitrogen and oxygen atoms in total. The largest absolute Gasteiger partial charge is 0.364 e. The summed E-state index contributed by atoms with van der Waals surface area (Å²) in [7, 11) is 0. The zero-order valence-electron chi connectivity index (χ0n) is 17.4. The molecular formula is C23H23F2N5O2. The van der Waals surface area contributed by atoms with Crippen LogP contribution in [0.4, 0.5) is 14.7 Å². The monoisotopic (exact) mass is 439 g/mol. The van der Waals surface area contributed by atoms with Crippen LogP contribution in [-0.2, 0) is 4.79 Å². The molecule has 2 fully saturated rings. The molecule has 9 heteroatoms. The summed E-state index contributed by atoms with van der Waals surface area (Å²) < 4.78 is 27.5. The van der Waals surface area contributed by atoms with Gasteiger partial charge >= 0.3 is 0 Å². The summed E-state index contributed by atoms with van der Waals surface area (Å²) in [5.41, 5.74) is 5.77. The molecule has 1 saturated heterocycles. The van der Waals surface area contributed by atoms with Gasteiger partial charge in [0.05, 0.1) is 6.04 Å². The Balaban J connectivity index is 1.35. The van der Waals surface area contributed by atoms with Gasteiger partial charge < -0.3 is 15.5 Å². The van der Waals surface area contributed by atoms with Gasteiger partial charge in [0.15, 0.2) is 0 Å². The first-order valence-electron chi connectivity index (χ1n) is 10.7. The number of hydrogen-bond donors (Lipinski definition) is 1. The zero-order chi connectivity index (χ0) is 22.5. The second kappa shape index (κ2) is 7.65. The summed E-state index contributed by atoms with van der Waals surface area (Å²) in [6, 6.07) is 4.49. The Morgan fingerprint density at radius 1 is 1.16 bits per heavy atom. The van der Waals surface area contributed by atoms with Crippen molar-refractivity contribution in [1.29, 1.82) is 0 Å². The second-order valence-corrected chi connectivity index (χ2v) is 8.82. The van der Waals surface area contributed by atoms with Crippen molar-refractivity contribution in [1.82, 2.24) is 14.9 Å². The van der Waals surface area contributed by atoms with Crippen LogP contribution in [0.25, 0.3) is 0 Å². The van der Waals surface area contributed by atoms with Crippen LogP contribution in [0.3, 0.4) is 0 Å². The number of aromatic nitrogens is 2. The van der Waals surface area contributed by atoms with Crippen molar-refractivity contribution < 1.29 is 18.4 Å². The Kier molecular flexibility index (Phi) is 4.91. The third-order valence-corrected chi connectivity index (χ3v) is 6.79. The number of piperidine rings is 1. The minimum atomic E-state index is -0.649. The van der Waals surface area contributed by atoms with Crippen LogP contribution in [0.5, 0.6) is 0 Å². The van der Waals surface area contributed by atoms with Gasteiger partial charge in [-0.2, -0.15) is 0 Å². The van der Waals surface area contributed by atoms with Crippen LogP contribution in [-0.4, -0.2) is 39.8 Å². The summed E-state index contributed by atoms with van der Waals surface area (Å²) >= 11 is 0. The number of carbonyl (C=O) groups excluding carboxylic acids is 2. The first-order chi connectivity index (χ1) is 15.4. The molecule has 1 aliphatic carbocycles. The number of halogens is 2. The Labute approximate surface area is 183 Å². The fourth-order valence-corrected chi connectivity index (χ4v) is 5.01. The van der Waals surface area contributed by atoms with Crippen LogP contribution >= 0.6 is 0 Å². The normalized spacial score (nSPS) is 23.6. The topological polar surface area (TPSA) is 92.4 Å². The Bertz CT molecular complexity index is 1100. The summed E-state index contributed by atoms with van der Waals surface area (Å²) in [4.78, 5) is 37.2. The van der Waals surface area contributed by atoms with E-state index in [1.54, 1.807) is 11.1 Å². The van der Waals surface area contributed by atoms with Crippen molar-refractivity contribution in [3.05, 3.63) is 65.6 Å². The SMILES string of the molecule is NC(=O)c1ccnc(N2CCC(C(=O)N3C=CCC3c3cc(F)cc(F)c3)C3(CC3)C2)n1. The van der Waals surface area contributed by atoms with Crippen molar-refractivity contribution >= 4 is 17.8 Å². The molecule has 3 aliphatic rings. The first-order valence-corrected chi connectivity index (χ1v) is 10.7. The van der Waals surface area contributed by atoms with Crippen LogP contribution in [0.1, 0.15) is 47.8 Å². The lowest BCUT2D eigenvalue weighted by atomic mass is 9.81. The predicted octanol–water partition coefficient (Wildman–Crippen LogP) is 2.95. The predicted molar refractivity (Wildman–Crippen MR) is 112 cm³/mol. The molecular weight excluding hydrogens is 416 g/mol. The highest BCUT2D eigenvalue weighted by Gasteiger charge is 2.56. The van der Waals surface area contributed by atoms with Gasteiger partial charge in [0, 0.05) is 37.5 Å². The number of amides is 2. The Morgan fingerprint density at radius 3 is 2.59 bits per heavy atom. The van der Waals surface area contributed by atoms with Gasteiger partial charge in [-0.25, -0.2) is 18.7 Å². The third kappa shape index (κ3) is 3.61. The van der Waals surface area contributed by atoms with Crippen LogP contribution in [0.2, 0.25) is 0 Å². The van der Waals surface area contributed by atoms with Gasteiger partial charge in [-0.1, -0.05) is 6.08 Å². The van der Waals surface area contributed by atoms with Gasteiger partial charge in [-0.05, 0) is 54.9 Å². The number of hydrogen-bond acceptors (Lipinski definition) is 5. The molecule has 2 unspecified atom stereocenters. The lowest BCUT2D eigenvalue weighted by Crippen LogP contribution is -2.48. The van der Waals surface area contributed by atoms with E-state index < -0.39 is 23.6 Å². The van der Waals surface area contributed by atoms with Crippen LogP contribution in [0.15, 0.2) is 42.7 Å². The highest BCUT2D eigenvalue weighted by molar-refractivity contribution is 5.90. The zero-order valence-corrected chi connectivity index (χ0v) is 17.4. The molecule has 2 N–H and O–H groups in total. The number of carbonyl (C=O) groups is 2. The van der Waals surface area contributed by atoms with E-state index in [-0.39, 0.29) is 22.9 Å². The standard InChI is InChI=1S/C23H23F2N5O2/c24-15-10-14(11-16(25)12-15)19-2-1-8-30(19)21(32)17-4-9-29(13-23(17)5-6-23)22-27-7-3-18(28-22)20(26)31/h1,3,7-8,10-12,17,19H,2,4-6,9,13H2,(H2,26,31). The van der Waals surface area contributed by atoms with E-state index in [1.807, 2.05) is 11.0 Å². The van der Waals surface area contributed by atoms with E-state index in [9.17, 15) is 18.4 Å². The van der Waals surface area contributed by atoms with E-state index in [2.05, 4.69) is 9.97 Å². The van der Waals surface area contributed by atoms with Crippen molar-refractivity contribution in [3.63, 3.8) is 0 Å². The average Bonchev–Trinajstić information content (AvgIpc) is 3.34. The molecule has 1 aromatic heterocycles. The molecule has 0 radical (unpaired) electrons. The molecule has 1 spiro atoms.